The molecule has 0 fully saturated rings. The highest BCUT2D eigenvalue weighted by Crippen LogP contribution is 2.31. The van der Waals surface area contributed by atoms with Crippen molar-refractivity contribution in [2.45, 2.75) is 79.4 Å². The van der Waals surface area contributed by atoms with E-state index in [-0.39, 0.29) is 35.6 Å². The van der Waals surface area contributed by atoms with Crippen molar-refractivity contribution in [3.63, 3.8) is 0 Å². The molecule has 9 heteroatoms. The Balaban J connectivity index is 2.84. The molecule has 0 aliphatic rings. The summed E-state index contributed by atoms with van der Waals surface area (Å²) in [6, 6.07) is 1.52. The van der Waals surface area contributed by atoms with Crippen molar-refractivity contribution < 1.29 is 38.1 Å². The van der Waals surface area contributed by atoms with E-state index < -0.39 is 36.5 Å². The molecule has 192 valence electrons. The quantitative estimate of drug-likeness (QED) is 0.147. The predicted molar refractivity (Wildman–Crippen MR) is 126 cm³/mol. The molecule has 0 aliphatic heterocycles. The van der Waals surface area contributed by atoms with Gasteiger partial charge in [0.15, 0.2) is 23.0 Å². The van der Waals surface area contributed by atoms with Crippen molar-refractivity contribution >= 4 is 17.7 Å². The number of hydrogen-bond acceptors (Lipinski definition) is 9. The van der Waals surface area contributed by atoms with Gasteiger partial charge in [-0.3, -0.25) is 14.4 Å². The van der Waals surface area contributed by atoms with Gasteiger partial charge in [0.25, 0.3) is 0 Å². The number of carbonyl (C=O) groups excluding carboxylic acids is 3. The number of carbonyl (C=O) groups is 3. The largest absolute Gasteiger partial charge is 0.493 e. The highest BCUT2D eigenvalue weighted by molar-refractivity contribution is 5.99. The molecular formula is C25H39NO8. The van der Waals surface area contributed by atoms with Gasteiger partial charge in [0.1, 0.15) is 6.10 Å². The molecule has 0 amide bonds. The fourth-order valence-electron chi connectivity index (χ4n) is 3.30. The number of esters is 2. The zero-order chi connectivity index (χ0) is 25.7. The van der Waals surface area contributed by atoms with Crippen molar-refractivity contribution in [2.24, 2.45) is 11.8 Å². The van der Waals surface area contributed by atoms with Gasteiger partial charge in [0.05, 0.1) is 19.1 Å². The molecule has 0 radical (unpaired) electrons. The van der Waals surface area contributed by atoms with Crippen LogP contribution in [0.15, 0.2) is 12.3 Å². The summed E-state index contributed by atoms with van der Waals surface area (Å²) in [6.45, 7) is 11.0. The molecule has 0 aromatic carbocycles. The number of rotatable bonds is 16. The molecule has 0 unspecified atom stereocenters. The first-order chi connectivity index (χ1) is 16.1. The molecule has 0 saturated carbocycles. The van der Waals surface area contributed by atoms with Crippen molar-refractivity contribution in [3.8, 4) is 11.5 Å². The zero-order valence-electron chi connectivity index (χ0n) is 21.4. The van der Waals surface area contributed by atoms with Crippen LogP contribution in [0, 0.1) is 11.8 Å². The van der Waals surface area contributed by atoms with E-state index >= 15 is 0 Å². The van der Waals surface area contributed by atoms with Gasteiger partial charge in [-0.1, -0.05) is 40.5 Å². The first-order valence-electron chi connectivity index (χ1n) is 11.8. The summed E-state index contributed by atoms with van der Waals surface area (Å²) in [5.41, 5.74) is -0.0146. The standard InChI is InChI=1S/C25H39NO8/c1-8-9-10-13-31-18(5)23(16(2)3)34-25(29)17(4)14-20(28)22-24(33-15-32-19(6)27)21(30-7)11-12-26-22/h11-12,16-18,23H,8-10,13-15H2,1-7H3/t17-,18+,23-/m1/s1. The third kappa shape index (κ3) is 9.67. The number of Topliss-reactive ketones (excluding diaryl/α,β-unsaturated/α-hetero) is 1. The molecule has 0 bridgehead atoms. The maximum atomic E-state index is 13.0. The van der Waals surface area contributed by atoms with E-state index in [9.17, 15) is 14.4 Å². The molecule has 1 rings (SSSR count). The molecule has 0 aliphatic carbocycles. The Hall–Kier alpha value is -2.68. The second kappa shape index (κ2) is 15.3. The summed E-state index contributed by atoms with van der Waals surface area (Å²) in [7, 11) is 1.42. The monoisotopic (exact) mass is 481 g/mol. The van der Waals surface area contributed by atoms with Gasteiger partial charge in [-0.25, -0.2) is 4.98 Å². The minimum absolute atomic E-state index is 0.0146. The summed E-state index contributed by atoms with van der Waals surface area (Å²) >= 11 is 0. The Bertz CT molecular complexity index is 795. The lowest BCUT2D eigenvalue weighted by Crippen LogP contribution is -2.37. The Kier molecular flexibility index (Phi) is 13.2. The lowest BCUT2D eigenvalue weighted by molar-refractivity contribution is -0.165. The number of ketones is 1. The number of aromatic nitrogens is 1. The van der Waals surface area contributed by atoms with Crippen molar-refractivity contribution in [3.05, 3.63) is 18.0 Å². The number of ether oxygens (including phenoxy) is 5. The van der Waals surface area contributed by atoms with Crippen LogP contribution in [0.25, 0.3) is 0 Å². The maximum absolute atomic E-state index is 13.0. The topological polar surface area (TPSA) is 110 Å². The Morgan fingerprint density at radius 1 is 1.09 bits per heavy atom. The van der Waals surface area contributed by atoms with Crippen LogP contribution >= 0.6 is 0 Å². The van der Waals surface area contributed by atoms with Gasteiger partial charge < -0.3 is 23.7 Å². The number of unbranched alkanes of at least 4 members (excludes halogenated alkanes) is 2. The molecule has 1 heterocycles. The van der Waals surface area contributed by atoms with Crippen LogP contribution < -0.4 is 9.47 Å². The van der Waals surface area contributed by atoms with Crippen LogP contribution in [-0.2, 0) is 23.8 Å². The molecule has 1 aromatic heterocycles. The fraction of sp³-hybridized carbons (Fsp3) is 0.680. The van der Waals surface area contributed by atoms with E-state index in [1.54, 1.807) is 6.92 Å². The van der Waals surface area contributed by atoms with E-state index in [2.05, 4.69) is 11.9 Å². The van der Waals surface area contributed by atoms with Crippen molar-refractivity contribution in [2.75, 3.05) is 20.5 Å². The van der Waals surface area contributed by atoms with Crippen LogP contribution in [0.2, 0.25) is 0 Å². The highest BCUT2D eigenvalue weighted by atomic mass is 16.7. The van der Waals surface area contributed by atoms with Crippen LogP contribution in [-0.4, -0.2) is 55.4 Å². The van der Waals surface area contributed by atoms with Crippen molar-refractivity contribution in [1.82, 2.24) is 4.98 Å². The summed E-state index contributed by atoms with van der Waals surface area (Å²) in [5, 5.41) is 0. The van der Waals surface area contributed by atoms with Gasteiger partial charge >= 0.3 is 11.9 Å². The minimum Gasteiger partial charge on any atom is -0.493 e. The van der Waals surface area contributed by atoms with E-state index in [1.165, 1.54) is 26.3 Å². The highest BCUT2D eigenvalue weighted by Gasteiger charge is 2.30. The van der Waals surface area contributed by atoms with E-state index in [0.29, 0.717) is 6.61 Å². The summed E-state index contributed by atoms with van der Waals surface area (Å²) in [6.07, 6.45) is 3.72. The lowest BCUT2D eigenvalue weighted by atomic mass is 10.00. The zero-order valence-corrected chi connectivity index (χ0v) is 21.4. The average Bonchev–Trinajstić information content (AvgIpc) is 2.79. The number of pyridine rings is 1. The third-order valence-electron chi connectivity index (χ3n) is 5.21. The summed E-state index contributed by atoms with van der Waals surface area (Å²) in [5.74, 6) is -1.80. The first-order valence-corrected chi connectivity index (χ1v) is 11.8. The Morgan fingerprint density at radius 3 is 2.38 bits per heavy atom. The normalized spacial score (nSPS) is 13.6. The van der Waals surface area contributed by atoms with Crippen LogP contribution in [0.4, 0.5) is 0 Å². The van der Waals surface area contributed by atoms with Crippen LogP contribution in [0.1, 0.15) is 77.7 Å². The molecular weight excluding hydrogens is 442 g/mol. The molecule has 0 saturated heterocycles. The fourth-order valence-corrected chi connectivity index (χ4v) is 3.30. The average molecular weight is 482 g/mol. The second-order valence-electron chi connectivity index (χ2n) is 8.55. The minimum atomic E-state index is -0.713. The first kappa shape index (κ1) is 29.4. The molecule has 9 nitrogen and oxygen atoms in total. The molecule has 3 atom stereocenters. The Morgan fingerprint density at radius 2 is 1.79 bits per heavy atom. The van der Waals surface area contributed by atoms with E-state index in [1.807, 2.05) is 20.8 Å². The van der Waals surface area contributed by atoms with Gasteiger partial charge in [-0.2, -0.15) is 0 Å². The maximum Gasteiger partial charge on any atom is 0.309 e. The second-order valence-corrected chi connectivity index (χ2v) is 8.55. The third-order valence-corrected chi connectivity index (χ3v) is 5.21. The van der Waals surface area contributed by atoms with E-state index in [0.717, 1.165) is 19.3 Å². The van der Waals surface area contributed by atoms with Gasteiger partial charge in [-0.05, 0) is 19.3 Å². The van der Waals surface area contributed by atoms with Gasteiger partial charge in [0.2, 0.25) is 6.79 Å². The van der Waals surface area contributed by atoms with Gasteiger partial charge in [-0.15, -0.1) is 0 Å². The van der Waals surface area contributed by atoms with E-state index in [4.69, 9.17) is 23.7 Å². The van der Waals surface area contributed by atoms with Crippen LogP contribution in [0.3, 0.4) is 0 Å². The summed E-state index contributed by atoms with van der Waals surface area (Å²) < 4.78 is 27.1. The summed E-state index contributed by atoms with van der Waals surface area (Å²) in [4.78, 5) is 40.9. The lowest BCUT2D eigenvalue weighted by Gasteiger charge is -2.28. The number of hydrogen-bond donors (Lipinski definition) is 0. The smallest absolute Gasteiger partial charge is 0.309 e. The van der Waals surface area contributed by atoms with Crippen LogP contribution in [0.5, 0.6) is 11.5 Å². The SMILES string of the molecule is CCCCCO[C@@H](C)[C@H](OC(=O)[C@H](C)CC(=O)c1nccc(OC)c1OCOC(C)=O)C(C)C. The Labute approximate surface area is 202 Å². The molecule has 0 N–H and O–H groups in total. The molecule has 0 spiro atoms. The molecule has 34 heavy (non-hydrogen) atoms. The predicted octanol–water partition coefficient (Wildman–Crippen LogP) is 4.36. The van der Waals surface area contributed by atoms with Crippen molar-refractivity contribution in [1.29, 1.82) is 0 Å². The van der Waals surface area contributed by atoms with Gasteiger partial charge in [0, 0.05) is 32.2 Å². The number of methoxy groups -OCH3 is 1. The number of nitrogens with zero attached hydrogens (tertiary/aromatic N) is 1. The molecule has 1 aromatic rings.